The summed E-state index contributed by atoms with van der Waals surface area (Å²) in [6.07, 6.45) is 2.78. The van der Waals surface area contributed by atoms with Crippen LogP contribution in [0.4, 0.5) is 0 Å². The zero-order valence-corrected chi connectivity index (χ0v) is 11.6. The Bertz CT molecular complexity index is 387. The summed E-state index contributed by atoms with van der Waals surface area (Å²) in [5.41, 5.74) is 0.878. The molecule has 0 aliphatic carbocycles. The number of rotatable bonds is 7. The van der Waals surface area contributed by atoms with Gasteiger partial charge in [-0.15, -0.1) is 0 Å². The molecule has 1 aromatic rings. The molecule has 0 saturated carbocycles. The van der Waals surface area contributed by atoms with E-state index in [2.05, 4.69) is 15.9 Å². The van der Waals surface area contributed by atoms with Crippen molar-refractivity contribution in [1.29, 1.82) is 0 Å². The highest BCUT2D eigenvalue weighted by Crippen LogP contribution is 2.09. The van der Waals surface area contributed by atoms with Crippen molar-refractivity contribution in [3.05, 3.63) is 35.9 Å². The summed E-state index contributed by atoms with van der Waals surface area (Å²) in [6.45, 7) is 0. The molecule has 1 rings (SSSR count). The Labute approximate surface area is 106 Å². The van der Waals surface area contributed by atoms with E-state index in [1.54, 1.807) is 0 Å². The summed E-state index contributed by atoms with van der Waals surface area (Å²) in [5.74, 6) is 0.469. The summed E-state index contributed by atoms with van der Waals surface area (Å²) in [4.78, 5) is 0. The van der Waals surface area contributed by atoms with E-state index >= 15 is 0 Å². The third-order valence-corrected chi connectivity index (χ3v) is 4.56. The first kappa shape index (κ1) is 13.7. The summed E-state index contributed by atoms with van der Waals surface area (Å²) >= 11 is 3.33. The molecular formula is C12H17BrO2S. The van der Waals surface area contributed by atoms with Crippen molar-refractivity contribution >= 4 is 25.8 Å². The van der Waals surface area contributed by atoms with Crippen LogP contribution in [0.2, 0.25) is 0 Å². The molecule has 0 aliphatic heterocycles. The van der Waals surface area contributed by atoms with Crippen LogP contribution >= 0.6 is 15.9 Å². The quantitative estimate of drug-likeness (QED) is 0.573. The number of sulfone groups is 1. The van der Waals surface area contributed by atoms with Crippen LogP contribution in [-0.4, -0.2) is 19.5 Å². The zero-order chi connectivity index (χ0) is 11.9. The van der Waals surface area contributed by atoms with E-state index in [0.29, 0.717) is 5.75 Å². The van der Waals surface area contributed by atoms with Crippen LogP contribution in [0, 0.1) is 0 Å². The second kappa shape index (κ2) is 7.07. The number of halogens is 1. The maximum atomic E-state index is 11.8. The van der Waals surface area contributed by atoms with E-state index in [1.165, 1.54) is 0 Å². The Kier molecular flexibility index (Phi) is 6.06. The van der Waals surface area contributed by atoms with E-state index in [0.717, 1.165) is 30.2 Å². The van der Waals surface area contributed by atoms with Crippen LogP contribution < -0.4 is 0 Å². The molecule has 0 heterocycles. The third-order valence-electron chi connectivity index (χ3n) is 2.32. The first-order valence-electron chi connectivity index (χ1n) is 5.44. The molecule has 0 fully saturated rings. The average molecular weight is 305 g/mol. The second-order valence-corrected chi connectivity index (χ2v) is 6.80. The van der Waals surface area contributed by atoms with Crippen molar-refractivity contribution in [2.75, 3.05) is 11.1 Å². The molecule has 0 unspecified atom stereocenters. The zero-order valence-electron chi connectivity index (χ0n) is 9.23. The highest BCUT2D eigenvalue weighted by Gasteiger charge is 2.10. The van der Waals surface area contributed by atoms with Crippen molar-refractivity contribution in [2.24, 2.45) is 0 Å². The van der Waals surface area contributed by atoms with E-state index in [4.69, 9.17) is 0 Å². The summed E-state index contributed by atoms with van der Waals surface area (Å²) < 4.78 is 23.5. The lowest BCUT2D eigenvalue weighted by molar-refractivity contribution is 0.590. The highest BCUT2D eigenvalue weighted by molar-refractivity contribution is 9.09. The van der Waals surface area contributed by atoms with E-state index < -0.39 is 9.84 Å². The molecule has 0 aliphatic rings. The lowest BCUT2D eigenvalue weighted by atomic mass is 10.2. The molecule has 16 heavy (non-hydrogen) atoms. The van der Waals surface area contributed by atoms with Crippen LogP contribution in [-0.2, 0) is 15.6 Å². The minimum Gasteiger partial charge on any atom is -0.228 e. The van der Waals surface area contributed by atoms with Gasteiger partial charge in [0.15, 0.2) is 9.84 Å². The first-order valence-corrected chi connectivity index (χ1v) is 8.39. The topological polar surface area (TPSA) is 34.1 Å². The summed E-state index contributed by atoms with van der Waals surface area (Å²) in [7, 11) is -2.93. The van der Waals surface area contributed by atoms with E-state index in [9.17, 15) is 8.42 Å². The number of benzene rings is 1. The van der Waals surface area contributed by atoms with Gasteiger partial charge in [0.1, 0.15) is 0 Å². The Morgan fingerprint density at radius 3 is 2.31 bits per heavy atom. The molecule has 0 aromatic heterocycles. The maximum absolute atomic E-state index is 11.8. The monoisotopic (exact) mass is 304 g/mol. The van der Waals surface area contributed by atoms with Crippen LogP contribution in [0.25, 0.3) is 0 Å². The first-order chi connectivity index (χ1) is 7.64. The molecule has 2 nitrogen and oxygen atoms in total. The fourth-order valence-corrected chi connectivity index (χ4v) is 3.38. The summed E-state index contributed by atoms with van der Waals surface area (Å²) in [6, 6.07) is 9.35. The Morgan fingerprint density at radius 2 is 1.69 bits per heavy atom. The van der Waals surface area contributed by atoms with Gasteiger partial charge >= 0.3 is 0 Å². The molecule has 0 N–H and O–H groups in total. The van der Waals surface area contributed by atoms with Gasteiger partial charge in [0, 0.05) is 5.33 Å². The Balaban J connectivity index is 2.40. The van der Waals surface area contributed by atoms with Crippen molar-refractivity contribution in [2.45, 2.75) is 25.0 Å². The molecule has 0 radical (unpaired) electrons. The minimum atomic E-state index is -2.93. The lowest BCUT2D eigenvalue weighted by Crippen LogP contribution is -2.09. The van der Waals surface area contributed by atoms with Gasteiger partial charge in [-0.25, -0.2) is 8.42 Å². The molecule has 4 heteroatoms. The summed E-state index contributed by atoms with van der Waals surface area (Å²) in [5, 5.41) is 0.950. The average Bonchev–Trinajstić information content (AvgIpc) is 2.25. The van der Waals surface area contributed by atoms with Crippen molar-refractivity contribution in [3.63, 3.8) is 0 Å². The Morgan fingerprint density at radius 1 is 1.00 bits per heavy atom. The Hall–Kier alpha value is -0.350. The van der Waals surface area contributed by atoms with Crippen LogP contribution in [0.5, 0.6) is 0 Å². The van der Waals surface area contributed by atoms with Gasteiger partial charge in [-0.1, -0.05) is 52.7 Å². The van der Waals surface area contributed by atoms with Crippen LogP contribution in [0.15, 0.2) is 30.3 Å². The van der Waals surface area contributed by atoms with Crippen molar-refractivity contribution < 1.29 is 8.42 Å². The van der Waals surface area contributed by atoms with Crippen molar-refractivity contribution in [1.82, 2.24) is 0 Å². The standard InChI is InChI=1S/C12H17BrO2S/c13-9-5-2-6-10-16(14,15)11-12-7-3-1-4-8-12/h1,3-4,7-8H,2,5-6,9-11H2. The SMILES string of the molecule is O=S(=O)(CCCCCBr)Cc1ccccc1. The molecule has 0 saturated heterocycles. The third kappa shape index (κ3) is 5.66. The van der Waals surface area contributed by atoms with Gasteiger partial charge in [0.05, 0.1) is 11.5 Å². The number of alkyl halides is 1. The predicted octanol–water partition coefficient (Wildman–Crippen LogP) is 3.17. The van der Waals surface area contributed by atoms with Gasteiger partial charge in [-0.2, -0.15) is 0 Å². The van der Waals surface area contributed by atoms with Crippen molar-refractivity contribution in [3.8, 4) is 0 Å². The molecule has 1 aromatic carbocycles. The largest absolute Gasteiger partial charge is 0.228 e. The predicted molar refractivity (Wildman–Crippen MR) is 71.6 cm³/mol. The molecule has 0 bridgehead atoms. The molecule has 0 atom stereocenters. The fourth-order valence-electron chi connectivity index (χ4n) is 1.49. The van der Waals surface area contributed by atoms with Gasteiger partial charge in [0.2, 0.25) is 0 Å². The number of hydrogen-bond acceptors (Lipinski definition) is 2. The second-order valence-electron chi connectivity index (χ2n) is 3.83. The lowest BCUT2D eigenvalue weighted by Gasteiger charge is -2.04. The number of hydrogen-bond donors (Lipinski definition) is 0. The minimum absolute atomic E-state index is 0.169. The maximum Gasteiger partial charge on any atom is 0.154 e. The van der Waals surface area contributed by atoms with Gasteiger partial charge in [-0.3, -0.25) is 0 Å². The van der Waals surface area contributed by atoms with Gasteiger partial charge in [0.25, 0.3) is 0 Å². The smallest absolute Gasteiger partial charge is 0.154 e. The fraction of sp³-hybridized carbons (Fsp3) is 0.500. The highest BCUT2D eigenvalue weighted by atomic mass is 79.9. The molecule has 0 spiro atoms. The van der Waals surface area contributed by atoms with E-state index in [-0.39, 0.29) is 5.75 Å². The van der Waals surface area contributed by atoms with Crippen LogP contribution in [0.3, 0.4) is 0 Å². The molecular weight excluding hydrogens is 288 g/mol. The van der Waals surface area contributed by atoms with E-state index in [1.807, 2.05) is 30.3 Å². The van der Waals surface area contributed by atoms with Gasteiger partial charge < -0.3 is 0 Å². The molecule has 90 valence electrons. The molecule has 0 amide bonds. The van der Waals surface area contributed by atoms with Crippen LogP contribution in [0.1, 0.15) is 24.8 Å². The normalized spacial score (nSPS) is 11.6. The number of unbranched alkanes of at least 4 members (excludes halogenated alkanes) is 2. The van der Waals surface area contributed by atoms with Gasteiger partial charge in [-0.05, 0) is 18.4 Å².